The maximum Gasteiger partial charge on any atom is 0.237 e. The van der Waals surface area contributed by atoms with E-state index in [9.17, 15) is 14.3 Å². The zero-order chi connectivity index (χ0) is 20.1. The molecular weight excluding hydrogens is 359 g/mol. The van der Waals surface area contributed by atoms with Gasteiger partial charge < -0.3 is 20.1 Å². The van der Waals surface area contributed by atoms with Crippen LogP contribution in [0.4, 0.5) is 4.39 Å². The molecule has 1 amide bonds. The summed E-state index contributed by atoms with van der Waals surface area (Å²) in [5, 5.41) is 13.8. The lowest BCUT2D eigenvalue weighted by molar-refractivity contribution is -0.134. The number of nitrogens with one attached hydrogen (secondary N) is 1. The van der Waals surface area contributed by atoms with Gasteiger partial charge in [-0.25, -0.2) is 4.39 Å². The van der Waals surface area contributed by atoms with Gasteiger partial charge in [-0.1, -0.05) is 32.3 Å². The van der Waals surface area contributed by atoms with Crippen molar-refractivity contribution in [2.45, 2.75) is 63.5 Å². The molecule has 0 spiro atoms. The van der Waals surface area contributed by atoms with E-state index in [1.165, 1.54) is 6.42 Å². The molecule has 2 aliphatic rings. The van der Waals surface area contributed by atoms with Crippen LogP contribution in [0.15, 0.2) is 12.1 Å². The molecule has 28 heavy (non-hydrogen) atoms. The SMILES string of the molecule is CCc1cc(F)c2c(c1)C(COC)N(C(=O)CNCC1(O)CCCCC1)CC2. The van der Waals surface area contributed by atoms with Crippen LogP contribution in [0, 0.1) is 5.82 Å². The Labute approximate surface area is 167 Å². The van der Waals surface area contributed by atoms with Gasteiger partial charge in [-0.2, -0.15) is 0 Å². The van der Waals surface area contributed by atoms with E-state index in [2.05, 4.69) is 5.32 Å². The molecule has 1 fully saturated rings. The Balaban J connectivity index is 1.68. The van der Waals surface area contributed by atoms with Crippen molar-refractivity contribution in [1.29, 1.82) is 0 Å². The lowest BCUT2D eigenvalue weighted by Gasteiger charge is -2.38. The van der Waals surface area contributed by atoms with Crippen molar-refractivity contribution >= 4 is 5.91 Å². The number of aryl methyl sites for hydroxylation is 1. The molecule has 1 heterocycles. The summed E-state index contributed by atoms with van der Waals surface area (Å²) in [6, 6.07) is 3.34. The van der Waals surface area contributed by atoms with Crippen molar-refractivity contribution < 1.29 is 19.0 Å². The first-order chi connectivity index (χ1) is 13.5. The second kappa shape index (κ2) is 9.33. The molecule has 1 aliphatic carbocycles. The van der Waals surface area contributed by atoms with E-state index in [0.717, 1.165) is 43.2 Å². The van der Waals surface area contributed by atoms with Crippen LogP contribution in [0.25, 0.3) is 0 Å². The number of hydrogen-bond donors (Lipinski definition) is 2. The highest BCUT2D eigenvalue weighted by Gasteiger charge is 2.33. The van der Waals surface area contributed by atoms with Crippen molar-refractivity contribution in [3.8, 4) is 0 Å². The van der Waals surface area contributed by atoms with E-state index in [1.54, 1.807) is 18.1 Å². The Hall–Kier alpha value is -1.50. The van der Waals surface area contributed by atoms with Gasteiger partial charge in [-0.15, -0.1) is 0 Å². The lowest BCUT2D eigenvalue weighted by Crippen LogP contribution is -2.49. The van der Waals surface area contributed by atoms with Crippen LogP contribution >= 0.6 is 0 Å². The monoisotopic (exact) mass is 392 g/mol. The van der Waals surface area contributed by atoms with E-state index < -0.39 is 5.60 Å². The van der Waals surface area contributed by atoms with Gasteiger partial charge in [-0.3, -0.25) is 4.79 Å². The normalized spacial score (nSPS) is 21.4. The Morgan fingerprint density at radius 1 is 1.36 bits per heavy atom. The molecule has 5 nitrogen and oxygen atoms in total. The number of methoxy groups -OCH3 is 1. The number of carbonyl (C=O) groups excluding carboxylic acids is 1. The van der Waals surface area contributed by atoms with Crippen molar-refractivity contribution in [2.75, 3.05) is 33.4 Å². The fourth-order valence-corrected chi connectivity index (χ4v) is 4.56. The highest BCUT2D eigenvalue weighted by Crippen LogP contribution is 2.33. The quantitative estimate of drug-likeness (QED) is 0.749. The summed E-state index contributed by atoms with van der Waals surface area (Å²) in [4.78, 5) is 14.7. The van der Waals surface area contributed by atoms with Crippen LogP contribution in [-0.2, 0) is 22.4 Å². The molecule has 2 N–H and O–H groups in total. The summed E-state index contributed by atoms with van der Waals surface area (Å²) in [6.07, 6.45) is 6.09. The Morgan fingerprint density at radius 2 is 2.11 bits per heavy atom. The zero-order valence-electron chi connectivity index (χ0n) is 17.1. The van der Waals surface area contributed by atoms with Crippen molar-refractivity contribution in [1.82, 2.24) is 10.2 Å². The van der Waals surface area contributed by atoms with E-state index in [1.807, 2.05) is 13.0 Å². The number of hydrogen-bond acceptors (Lipinski definition) is 4. The summed E-state index contributed by atoms with van der Waals surface area (Å²) in [5.41, 5.74) is 1.80. The number of carbonyl (C=O) groups is 1. The van der Waals surface area contributed by atoms with Crippen LogP contribution in [-0.4, -0.2) is 54.9 Å². The molecule has 1 aromatic carbocycles. The molecule has 3 rings (SSSR count). The third-order valence-corrected chi connectivity index (χ3v) is 6.20. The summed E-state index contributed by atoms with van der Waals surface area (Å²) in [5.74, 6) is -0.213. The van der Waals surface area contributed by atoms with Crippen LogP contribution in [0.3, 0.4) is 0 Å². The molecule has 0 bridgehead atoms. The van der Waals surface area contributed by atoms with Crippen LogP contribution in [0.1, 0.15) is 61.8 Å². The molecule has 1 atom stereocenters. The molecule has 1 aliphatic heterocycles. The van der Waals surface area contributed by atoms with Gasteiger partial charge in [0.15, 0.2) is 0 Å². The average Bonchev–Trinajstić information content (AvgIpc) is 2.68. The standard InChI is InChI=1S/C22H33FN2O3/c1-3-16-11-18-17(19(23)12-16)7-10-25(20(18)14-28-2)21(26)13-24-15-22(27)8-5-4-6-9-22/h11-12,20,24,27H,3-10,13-15H2,1-2H3. The molecule has 0 aromatic heterocycles. The molecule has 156 valence electrons. The minimum atomic E-state index is -0.696. The third kappa shape index (κ3) is 4.73. The van der Waals surface area contributed by atoms with Gasteiger partial charge in [0, 0.05) is 20.2 Å². The maximum atomic E-state index is 14.5. The summed E-state index contributed by atoms with van der Waals surface area (Å²) in [6.45, 7) is 3.43. The third-order valence-electron chi connectivity index (χ3n) is 6.20. The summed E-state index contributed by atoms with van der Waals surface area (Å²) in [7, 11) is 1.60. The van der Waals surface area contributed by atoms with E-state index in [4.69, 9.17) is 4.74 Å². The molecular formula is C22H33FN2O3. The number of benzene rings is 1. The topological polar surface area (TPSA) is 61.8 Å². The zero-order valence-corrected chi connectivity index (χ0v) is 17.1. The molecule has 0 radical (unpaired) electrons. The second-order valence-corrected chi connectivity index (χ2v) is 8.20. The minimum absolute atomic E-state index is 0.0329. The first kappa shape index (κ1) is 21.2. The maximum absolute atomic E-state index is 14.5. The van der Waals surface area contributed by atoms with Gasteiger partial charge in [0.05, 0.1) is 24.8 Å². The predicted molar refractivity (Wildman–Crippen MR) is 107 cm³/mol. The number of fused-ring (bicyclic) bond motifs is 1. The van der Waals surface area contributed by atoms with Crippen LogP contribution in [0.5, 0.6) is 0 Å². The molecule has 6 heteroatoms. The number of rotatable bonds is 7. The van der Waals surface area contributed by atoms with Crippen molar-refractivity contribution in [2.24, 2.45) is 0 Å². The Bertz CT molecular complexity index is 689. The smallest absolute Gasteiger partial charge is 0.237 e. The van der Waals surface area contributed by atoms with Gasteiger partial charge in [0.2, 0.25) is 5.91 Å². The van der Waals surface area contributed by atoms with Crippen LogP contribution in [0.2, 0.25) is 0 Å². The van der Waals surface area contributed by atoms with E-state index in [0.29, 0.717) is 31.7 Å². The fourth-order valence-electron chi connectivity index (χ4n) is 4.56. The Morgan fingerprint density at radius 3 is 2.79 bits per heavy atom. The summed E-state index contributed by atoms with van der Waals surface area (Å²) >= 11 is 0. The lowest BCUT2D eigenvalue weighted by atomic mass is 9.85. The van der Waals surface area contributed by atoms with E-state index in [-0.39, 0.29) is 24.3 Å². The van der Waals surface area contributed by atoms with Gasteiger partial charge in [0.25, 0.3) is 0 Å². The molecule has 1 aromatic rings. The number of halogens is 1. The largest absolute Gasteiger partial charge is 0.389 e. The number of ether oxygens (including phenoxy) is 1. The fraction of sp³-hybridized carbons (Fsp3) is 0.682. The molecule has 1 saturated carbocycles. The van der Waals surface area contributed by atoms with E-state index >= 15 is 0 Å². The van der Waals surface area contributed by atoms with Crippen LogP contribution < -0.4 is 5.32 Å². The summed E-state index contributed by atoms with van der Waals surface area (Å²) < 4.78 is 19.9. The average molecular weight is 393 g/mol. The van der Waals surface area contributed by atoms with Gasteiger partial charge in [0.1, 0.15) is 5.82 Å². The van der Waals surface area contributed by atoms with Gasteiger partial charge in [-0.05, 0) is 48.4 Å². The number of aliphatic hydroxyl groups is 1. The van der Waals surface area contributed by atoms with Crippen molar-refractivity contribution in [3.05, 3.63) is 34.6 Å². The highest BCUT2D eigenvalue weighted by atomic mass is 19.1. The first-order valence-electron chi connectivity index (χ1n) is 10.5. The Kier molecular flexibility index (Phi) is 7.07. The first-order valence-corrected chi connectivity index (χ1v) is 10.5. The number of amides is 1. The van der Waals surface area contributed by atoms with Gasteiger partial charge >= 0.3 is 0 Å². The van der Waals surface area contributed by atoms with Crippen molar-refractivity contribution in [3.63, 3.8) is 0 Å². The molecule has 1 unspecified atom stereocenters. The minimum Gasteiger partial charge on any atom is -0.389 e. The molecule has 0 saturated heterocycles. The predicted octanol–water partition coefficient (Wildman–Crippen LogP) is 2.75. The highest BCUT2D eigenvalue weighted by molar-refractivity contribution is 5.79. The number of nitrogens with zero attached hydrogens (tertiary/aromatic N) is 1. The second-order valence-electron chi connectivity index (χ2n) is 8.20.